The molecule has 1 heterocycles. The highest BCUT2D eigenvalue weighted by Crippen LogP contribution is 2.14. The van der Waals surface area contributed by atoms with Crippen molar-refractivity contribution >= 4 is 41.0 Å². The van der Waals surface area contributed by atoms with Gasteiger partial charge in [0.15, 0.2) is 5.96 Å². The molecule has 3 aromatic rings. The molecule has 0 bridgehead atoms. The summed E-state index contributed by atoms with van der Waals surface area (Å²) in [4.78, 5) is 8.74. The second-order valence-electron chi connectivity index (χ2n) is 7.61. The zero-order chi connectivity index (χ0) is 22.4. The summed E-state index contributed by atoms with van der Waals surface area (Å²) in [5.74, 6) is 0.766. The van der Waals surface area contributed by atoms with Crippen LogP contribution < -0.4 is 10.6 Å². The minimum absolute atomic E-state index is 0. The number of aliphatic imine (C=N–C) groups is 1. The Morgan fingerprint density at radius 2 is 1.67 bits per heavy atom. The van der Waals surface area contributed by atoms with E-state index in [-0.39, 0.29) is 24.0 Å². The fourth-order valence-electron chi connectivity index (χ4n) is 3.31. The van der Waals surface area contributed by atoms with Gasteiger partial charge in [0.1, 0.15) is 0 Å². The average molecular weight is 566 g/mol. The summed E-state index contributed by atoms with van der Waals surface area (Å²) >= 11 is 0. The molecule has 0 radical (unpaired) electrons. The van der Waals surface area contributed by atoms with E-state index in [1.54, 1.807) is 7.05 Å². The number of guanidine groups is 1. The number of imidazole rings is 1. The lowest BCUT2D eigenvalue weighted by molar-refractivity contribution is 0.0487. The molecular formula is C25H36IN5O2. The van der Waals surface area contributed by atoms with Gasteiger partial charge in [0, 0.05) is 33.3 Å². The average Bonchev–Trinajstić information content (AvgIpc) is 3.23. The number of fused-ring (bicyclic) bond motifs is 1. The molecule has 0 amide bonds. The van der Waals surface area contributed by atoms with Crippen LogP contribution in [-0.2, 0) is 22.6 Å². The Labute approximate surface area is 214 Å². The fraction of sp³-hybridized carbons (Fsp3) is 0.440. The van der Waals surface area contributed by atoms with E-state index in [4.69, 9.17) is 9.47 Å². The van der Waals surface area contributed by atoms with Crippen LogP contribution in [0.5, 0.6) is 0 Å². The molecule has 0 atom stereocenters. The number of hydrogen-bond acceptors (Lipinski definition) is 4. The molecular weight excluding hydrogens is 529 g/mol. The van der Waals surface area contributed by atoms with E-state index in [0.717, 1.165) is 43.0 Å². The number of unbranched alkanes of at least 4 members (excludes halogenated alkanes) is 1. The van der Waals surface area contributed by atoms with Crippen molar-refractivity contribution in [3.8, 4) is 0 Å². The van der Waals surface area contributed by atoms with Crippen molar-refractivity contribution in [1.29, 1.82) is 0 Å². The lowest BCUT2D eigenvalue weighted by Crippen LogP contribution is -2.38. The van der Waals surface area contributed by atoms with Crippen LogP contribution in [0.1, 0.15) is 30.9 Å². The van der Waals surface area contributed by atoms with Crippen LogP contribution in [0.2, 0.25) is 0 Å². The number of rotatable bonds is 13. The molecule has 33 heavy (non-hydrogen) atoms. The Kier molecular flexibility index (Phi) is 12.8. The molecule has 8 heteroatoms. The summed E-state index contributed by atoms with van der Waals surface area (Å²) in [6.45, 7) is 7.09. The maximum atomic E-state index is 5.58. The molecule has 7 nitrogen and oxygen atoms in total. The monoisotopic (exact) mass is 565 g/mol. The van der Waals surface area contributed by atoms with E-state index in [0.29, 0.717) is 32.9 Å². The third kappa shape index (κ3) is 9.30. The van der Waals surface area contributed by atoms with Crippen molar-refractivity contribution in [2.45, 2.75) is 32.9 Å². The van der Waals surface area contributed by atoms with Crippen LogP contribution in [0.25, 0.3) is 11.0 Å². The van der Waals surface area contributed by atoms with Crippen LogP contribution in [0.3, 0.4) is 0 Å². The third-order valence-corrected chi connectivity index (χ3v) is 5.14. The van der Waals surface area contributed by atoms with Crippen molar-refractivity contribution in [3.63, 3.8) is 0 Å². The van der Waals surface area contributed by atoms with E-state index in [9.17, 15) is 0 Å². The Balaban J connectivity index is 0.00000385. The first-order valence-electron chi connectivity index (χ1n) is 11.4. The van der Waals surface area contributed by atoms with Gasteiger partial charge in [-0.25, -0.2) is 4.98 Å². The Hall–Kier alpha value is -2.17. The van der Waals surface area contributed by atoms with Gasteiger partial charge in [-0.15, -0.1) is 24.0 Å². The van der Waals surface area contributed by atoms with Crippen molar-refractivity contribution in [3.05, 3.63) is 66.0 Å². The molecule has 0 spiro atoms. The zero-order valence-corrected chi connectivity index (χ0v) is 22.0. The lowest BCUT2D eigenvalue weighted by Gasteiger charge is -2.13. The molecule has 0 aliphatic rings. The van der Waals surface area contributed by atoms with Crippen molar-refractivity contribution in [1.82, 2.24) is 20.2 Å². The number of halogens is 1. The Bertz CT molecular complexity index is 959. The van der Waals surface area contributed by atoms with Gasteiger partial charge < -0.3 is 24.7 Å². The smallest absolute Gasteiger partial charge is 0.191 e. The molecule has 0 saturated carbocycles. The number of nitrogens with zero attached hydrogens (tertiary/aromatic N) is 3. The molecule has 180 valence electrons. The van der Waals surface area contributed by atoms with Crippen LogP contribution in [0, 0.1) is 0 Å². The van der Waals surface area contributed by atoms with Gasteiger partial charge in [0.25, 0.3) is 0 Å². The second kappa shape index (κ2) is 15.6. The van der Waals surface area contributed by atoms with E-state index in [2.05, 4.69) is 62.4 Å². The molecule has 1 aromatic heterocycles. The number of ether oxygens (including phenoxy) is 2. The maximum absolute atomic E-state index is 5.58. The molecule has 2 N–H and O–H groups in total. The Morgan fingerprint density at radius 1 is 0.939 bits per heavy atom. The first-order chi connectivity index (χ1) is 15.8. The quantitative estimate of drug-likeness (QED) is 0.141. The second-order valence-corrected chi connectivity index (χ2v) is 7.61. The fourth-order valence-corrected chi connectivity index (χ4v) is 3.31. The summed E-state index contributed by atoms with van der Waals surface area (Å²) in [7, 11) is 1.77. The number of nitrogens with one attached hydrogen (secondary N) is 2. The summed E-state index contributed by atoms with van der Waals surface area (Å²) in [6, 6.07) is 16.8. The zero-order valence-electron chi connectivity index (χ0n) is 19.6. The minimum atomic E-state index is 0. The van der Waals surface area contributed by atoms with Gasteiger partial charge in [0.05, 0.1) is 37.2 Å². The maximum Gasteiger partial charge on any atom is 0.191 e. The summed E-state index contributed by atoms with van der Waals surface area (Å²) in [5, 5.41) is 6.62. The Morgan fingerprint density at radius 3 is 2.42 bits per heavy atom. The summed E-state index contributed by atoms with van der Waals surface area (Å²) < 4.78 is 13.2. The SMILES string of the molecule is CCCCOCCOCCNC(=NC)NCc1ccc(Cn2cnc3ccccc32)cc1.I. The predicted octanol–water partition coefficient (Wildman–Crippen LogP) is 4.20. The lowest BCUT2D eigenvalue weighted by atomic mass is 10.1. The highest BCUT2D eigenvalue weighted by Gasteiger charge is 2.03. The topological polar surface area (TPSA) is 72.7 Å². The van der Waals surface area contributed by atoms with Crippen LogP contribution in [-0.4, -0.2) is 55.5 Å². The molecule has 0 aliphatic carbocycles. The first kappa shape index (κ1) is 27.1. The van der Waals surface area contributed by atoms with Crippen molar-refractivity contribution < 1.29 is 9.47 Å². The largest absolute Gasteiger partial charge is 0.379 e. The number of benzene rings is 2. The predicted molar refractivity (Wildman–Crippen MR) is 145 cm³/mol. The standard InChI is InChI=1S/C25H35N5O2.HI/c1-3-4-14-31-16-17-32-15-13-27-25(26-2)28-18-21-9-11-22(12-10-21)19-30-20-29-23-7-5-6-8-24(23)30;/h5-12,20H,3-4,13-19H2,1-2H3,(H2,26,27,28);1H. The third-order valence-electron chi connectivity index (χ3n) is 5.14. The first-order valence-corrected chi connectivity index (χ1v) is 11.4. The van der Waals surface area contributed by atoms with Crippen LogP contribution >= 0.6 is 24.0 Å². The highest BCUT2D eigenvalue weighted by molar-refractivity contribution is 14.0. The summed E-state index contributed by atoms with van der Waals surface area (Å²) in [6.07, 6.45) is 4.16. The van der Waals surface area contributed by atoms with Crippen LogP contribution in [0.15, 0.2) is 59.9 Å². The minimum Gasteiger partial charge on any atom is -0.379 e. The van der Waals surface area contributed by atoms with E-state index < -0.39 is 0 Å². The molecule has 0 aliphatic heterocycles. The summed E-state index contributed by atoms with van der Waals surface area (Å²) in [5.41, 5.74) is 4.63. The molecule has 0 fully saturated rings. The molecule has 0 saturated heterocycles. The van der Waals surface area contributed by atoms with Gasteiger partial charge in [-0.1, -0.05) is 49.7 Å². The van der Waals surface area contributed by atoms with Gasteiger partial charge in [0.2, 0.25) is 0 Å². The number of para-hydroxylation sites is 2. The van der Waals surface area contributed by atoms with Crippen molar-refractivity contribution in [2.75, 3.05) is 40.0 Å². The molecule has 0 unspecified atom stereocenters. The number of hydrogen-bond donors (Lipinski definition) is 2. The molecule has 2 aromatic carbocycles. The van der Waals surface area contributed by atoms with E-state index in [1.807, 2.05) is 24.5 Å². The molecule has 3 rings (SSSR count). The number of aromatic nitrogens is 2. The van der Waals surface area contributed by atoms with Gasteiger partial charge in [-0.2, -0.15) is 0 Å². The van der Waals surface area contributed by atoms with E-state index in [1.165, 1.54) is 11.1 Å². The normalized spacial score (nSPS) is 11.4. The van der Waals surface area contributed by atoms with E-state index >= 15 is 0 Å². The van der Waals surface area contributed by atoms with Gasteiger partial charge in [-0.3, -0.25) is 4.99 Å². The highest BCUT2D eigenvalue weighted by atomic mass is 127. The van der Waals surface area contributed by atoms with Crippen LogP contribution in [0.4, 0.5) is 0 Å². The van der Waals surface area contributed by atoms with Gasteiger partial charge in [-0.05, 0) is 29.7 Å². The van der Waals surface area contributed by atoms with Gasteiger partial charge >= 0.3 is 0 Å². The van der Waals surface area contributed by atoms with Crippen molar-refractivity contribution in [2.24, 2.45) is 4.99 Å².